The van der Waals surface area contributed by atoms with Gasteiger partial charge < -0.3 is 9.47 Å². The molecule has 8 heteroatoms. The maximum absolute atomic E-state index is 6.51. The Kier molecular flexibility index (Phi) is 7.84. The molecule has 2 aromatic carbocycles. The molecule has 0 bridgehead atoms. The van der Waals surface area contributed by atoms with Crippen molar-refractivity contribution in [2.75, 3.05) is 29.7 Å². The molecule has 0 radical (unpaired) electrons. The molecule has 0 spiro atoms. The second-order valence-corrected chi connectivity index (χ2v) is 7.91. The van der Waals surface area contributed by atoms with Crippen LogP contribution in [0.2, 0.25) is 10.0 Å². The van der Waals surface area contributed by atoms with Crippen molar-refractivity contribution in [1.29, 1.82) is 0 Å². The molecule has 0 unspecified atom stereocenters. The lowest BCUT2D eigenvalue weighted by Gasteiger charge is -2.23. The van der Waals surface area contributed by atoms with E-state index >= 15 is 0 Å². The predicted molar refractivity (Wildman–Crippen MR) is 126 cm³/mol. The molecule has 0 aliphatic heterocycles. The Morgan fingerprint density at radius 2 is 1.83 bits per heavy atom. The Morgan fingerprint density at radius 1 is 1.07 bits per heavy atom. The Morgan fingerprint density at radius 3 is 2.45 bits per heavy atom. The number of hydrogen-bond acceptors (Lipinski definition) is 3. The van der Waals surface area contributed by atoms with Crippen molar-refractivity contribution in [2.24, 2.45) is 4.99 Å². The zero-order valence-corrected chi connectivity index (χ0v) is 18.8. The second-order valence-electron chi connectivity index (χ2n) is 6.31. The molecule has 3 aromatic rings. The zero-order valence-electron chi connectivity index (χ0n) is 15.8. The average Bonchev–Trinajstić information content (AvgIpc) is 3.12. The molecule has 0 saturated carbocycles. The summed E-state index contributed by atoms with van der Waals surface area (Å²) in [4.78, 5) is 11.0. The lowest BCUT2D eigenvalue weighted by Crippen LogP contribution is -2.27. The van der Waals surface area contributed by atoms with Crippen LogP contribution in [0.25, 0.3) is 5.69 Å². The summed E-state index contributed by atoms with van der Waals surface area (Å²) in [6.07, 6.45) is 5.38. The first-order valence-corrected chi connectivity index (χ1v) is 10.9. The highest BCUT2D eigenvalue weighted by Crippen LogP contribution is 2.29. The number of halogens is 4. The van der Waals surface area contributed by atoms with Crippen LogP contribution < -0.4 is 4.90 Å². The van der Waals surface area contributed by atoms with E-state index in [0.717, 1.165) is 28.5 Å². The van der Waals surface area contributed by atoms with Gasteiger partial charge in [-0.15, -0.1) is 23.2 Å². The number of aliphatic imine (C=N–C) groups is 1. The van der Waals surface area contributed by atoms with Crippen LogP contribution in [0.4, 0.5) is 11.4 Å². The number of nitrogens with zero attached hydrogens (tertiary/aromatic N) is 4. The Balaban J connectivity index is 1.91. The lowest BCUT2D eigenvalue weighted by atomic mass is 10.2. The van der Waals surface area contributed by atoms with Crippen molar-refractivity contribution in [1.82, 2.24) is 9.55 Å². The van der Waals surface area contributed by atoms with E-state index in [0.29, 0.717) is 34.9 Å². The third-order valence-electron chi connectivity index (χ3n) is 4.42. The third-order valence-corrected chi connectivity index (χ3v) is 5.32. The van der Waals surface area contributed by atoms with Crippen LogP contribution in [0.3, 0.4) is 0 Å². The Labute approximate surface area is 190 Å². The zero-order chi connectivity index (χ0) is 20.8. The van der Waals surface area contributed by atoms with Gasteiger partial charge in [-0.25, -0.2) is 4.98 Å². The van der Waals surface area contributed by atoms with Crippen LogP contribution in [-0.2, 0) is 0 Å². The Bertz CT molecular complexity index is 994. The van der Waals surface area contributed by atoms with Gasteiger partial charge in [0.2, 0.25) is 0 Å². The molecular weight excluding hydrogens is 450 g/mol. The molecular formula is C21H20Cl4N4. The molecule has 0 aliphatic rings. The van der Waals surface area contributed by atoms with Gasteiger partial charge in [-0.05, 0) is 43.3 Å². The van der Waals surface area contributed by atoms with Gasteiger partial charge in [-0.3, -0.25) is 4.99 Å². The second kappa shape index (κ2) is 10.4. The van der Waals surface area contributed by atoms with Crippen LogP contribution in [0.5, 0.6) is 0 Å². The van der Waals surface area contributed by atoms with E-state index in [4.69, 9.17) is 46.4 Å². The van der Waals surface area contributed by atoms with Crippen LogP contribution in [-0.4, -0.2) is 40.6 Å². The van der Waals surface area contributed by atoms with E-state index in [2.05, 4.69) is 14.9 Å². The quantitative estimate of drug-likeness (QED) is 0.278. The van der Waals surface area contributed by atoms with Gasteiger partial charge in [-0.1, -0.05) is 23.2 Å². The van der Waals surface area contributed by atoms with Gasteiger partial charge >= 0.3 is 0 Å². The predicted octanol–water partition coefficient (Wildman–Crippen LogP) is 6.52. The fraction of sp³-hybridized carbons (Fsp3) is 0.238. The van der Waals surface area contributed by atoms with Crippen molar-refractivity contribution in [3.05, 3.63) is 70.2 Å². The fourth-order valence-electron chi connectivity index (χ4n) is 2.97. The molecule has 0 atom stereocenters. The lowest BCUT2D eigenvalue weighted by molar-refractivity contribution is 0.874. The normalized spacial score (nSPS) is 11.3. The van der Waals surface area contributed by atoms with Crippen molar-refractivity contribution < 1.29 is 0 Å². The minimum atomic E-state index is 0.517. The molecule has 4 nitrogen and oxygen atoms in total. The van der Waals surface area contributed by atoms with E-state index < -0.39 is 0 Å². The monoisotopic (exact) mass is 468 g/mol. The highest BCUT2D eigenvalue weighted by atomic mass is 35.5. The highest BCUT2D eigenvalue weighted by Gasteiger charge is 2.10. The van der Waals surface area contributed by atoms with Gasteiger partial charge in [-0.2, -0.15) is 0 Å². The SMILES string of the molecule is Cc1nccn1-c1ccc(Cl)cc1N=Cc1ccc(N(CCCl)CCCl)cc1Cl. The summed E-state index contributed by atoms with van der Waals surface area (Å²) in [5.41, 5.74) is 3.40. The van der Waals surface area contributed by atoms with Crippen LogP contribution in [0.15, 0.2) is 53.8 Å². The van der Waals surface area contributed by atoms with Crippen molar-refractivity contribution >= 4 is 64.0 Å². The van der Waals surface area contributed by atoms with E-state index in [1.165, 1.54) is 0 Å². The van der Waals surface area contributed by atoms with E-state index in [1.54, 1.807) is 12.4 Å². The molecule has 152 valence electrons. The third kappa shape index (κ3) is 5.46. The van der Waals surface area contributed by atoms with Gasteiger partial charge in [0.25, 0.3) is 0 Å². The van der Waals surface area contributed by atoms with Gasteiger partial charge in [0, 0.05) is 59.7 Å². The maximum Gasteiger partial charge on any atom is 0.110 e. The average molecular weight is 470 g/mol. The van der Waals surface area contributed by atoms with E-state index in [9.17, 15) is 0 Å². The van der Waals surface area contributed by atoms with Gasteiger partial charge in [0.05, 0.1) is 16.4 Å². The first-order chi connectivity index (χ1) is 14.0. The molecule has 0 N–H and O–H groups in total. The number of rotatable bonds is 8. The summed E-state index contributed by atoms with van der Waals surface area (Å²) in [7, 11) is 0. The van der Waals surface area contributed by atoms with Crippen LogP contribution >= 0.6 is 46.4 Å². The number of hydrogen-bond donors (Lipinski definition) is 0. The summed E-state index contributed by atoms with van der Waals surface area (Å²) in [5.74, 6) is 1.90. The molecule has 0 aliphatic carbocycles. The summed E-state index contributed by atoms with van der Waals surface area (Å²) >= 11 is 24.5. The number of aromatic nitrogens is 2. The fourth-order valence-corrected chi connectivity index (χ4v) is 3.76. The smallest absolute Gasteiger partial charge is 0.110 e. The Hall–Kier alpha value is -1.72. The molecule has 1 heterocycles. The van der Waals surface area contributed by atoms with Crippen molar-refractivity contribution in [3.8, 4) is 5.69 Å². The summed E-state index contributed by atoms with van der Waals surface area (Å²) in [6, 6.07) is 11.4. The minimum absolute atomic E-state index is 0.517. The maximum atomic E-state index is 6.51. The molecule has 29 heavy (non-hydrogen) atoms. The summed E-state index contributed by atoms with van der Waals surface area (Å²) in [5, 5.41) is 1.21. The van der Waals surface area contributed by atoms with Crippen LogP contribution in [0, 0.1) is 6.92 Å². The number of imidazole rings is 1. The van der Waals surface area contributed by atoms with E-state index in [1.807, 2.05) is 54.1 Å². The summed E-state index contributed by atoms with van der Waals surface area (Å²) in [6.45, 7) is 3.34. The first kappa shape index (κ1) is 22.0. The molecule has 0 saturated heterocycles. The number of anilines is 1. The molecule has 1 aromatic heterocycles. The van der Waals surface area contributed by atoms with Crippen molar-refractivity contribution in [2.45, 2.75) is 6.92 Å². The van der Waals surface area contributed by atoms with Crippen LogP contribution in [0.1, 0.15) is 11.4 Å². The highest BCUT2D eigenvalue weighted by molar-refractivity contribution is 6.33. The topological polar surface area (TPSA) is 33.4 Å². The molecule has 0 amide bonds. The van der Waals surface area contributed by atoms with Gasteiger partial charge in [0.15, 0.2) is 0 Å². The largest absolute Gasteiger partial charge is 0.369 e. The number of alkyl halides is 2. The van der Waals surface area contributed by atoms with E-state index in [-0.39, 0.29) is 0 Å². The number of benzene rings is 2. The number of aryl methyl sites for hydroxylation is 1. The van der Waals surface area contributed by atoms with Crippen molar-refractivity contribution in [3.63, 3.8) is 0 Å². The minimum Gasteiger partial charge on any atom is -0.369 e. The summed E-state index contributed by atoms with van der Waals surface area (Å²) < 4.78 is 1.96. The standard InChI is InChI=1S/C21H20Cl4N4/c1-15-26-8-11-29(15)21-5-3-17(24)12-20(21)27-14-16-2-4-18(13-19(16)25)28(9-6-22)10-7-23/h2-5,8,11-14H,6-7,9-10H2,1H3. The molecule has 3 rings (SSSR count). The first-order valence-electron chi connectivity index (χ1n) is 9.04. The molecule has 0 fully saturated rings. The van der Waals surface area contributed by atoms with Gasteiger partial charge in [0.1, 0.15) is 5.82 Å².